The van der Waals surface area contributed by atoms with Crippen molar-refractivity contribution in [3.8, 4) is 5.75 Å². The van der Waals surface area contributed by atoms with E-state index < -0.39 is 30.4 Å². The Kier molecular flexibility index (Phi) is 5.59. The van der Waals surface area contributed by atoms with Crippen molar-refractivity contribution in [2.24, 2.45) is 0 Å². The van der Waals surface area contributed by atoms with Crippen LogP contribution in [0.15, 0.2) is 34.9 Å². The van der Waals surface area contributed by atoms with E-state index in [0.717, 1.165) is 6.07 Å². The van der Waals surface area contributed by atoms with Crippen molar-refractivity contribution >= 4 is 11.9 Å². The second-order valence-corrected chi connectivity index (χ2v) is 5.60. The first-order chi connectivity index (χ1) is 12.1. The summed E-state index contributed by atoms with van der Waals surface area (Å²) in [6.45, 7) is 1.42. The molecule has 1 aromatic heterocycles. The molecule has 9 heteroatoms. The van der Waals surface area contributed by atoms with E-state index in [-0.39, 0.29) is 23.4 Å². The van der Waals surface area contributed by atoms with Gasteiger partial charge >= 0.3 is 12.3 Å². The highest BCUT2D eigenvalue weighted by Gasteiger charge is 2.32. The number of amides is 1. The smallest absolute Gasteiger partial charge is 0.481 e. The number of aliphatic carboxylic acids is 1. The second-order valence-electron chi connectivity index (χ2n) is 5.60. The molecule has 0 aliphatic heterocycles. The second kappa shape index (κ2) is 7.51. The Morgan fingerprint density at radius 1 is 1.27 bits per heavy atom. The lowest BCUT2D eigenvalue weighted by Crippen LogP contribution is -2.28. The number of carbonyl (C=O) groups excluding carboxylic acids is 1. The number of halogens is 3. The summed E-state index contributed by atoms with van der Waals surface area (Å²) in [6.07, 6.45) is -4.06. The molecular formula is C17H16F3NO5. The predicted octanol–water partition coefficient (Wildman–Crippen LogP) is 3.39. The topological polar surface area (TPSA) is 80.0 Å². The maximum atomic E-state index is 12.6. The van der Waals surface area contributed by atoms with Crippen LogP contribution in [0.2, 0.25) is 0 Å². The Bertz CT molecular complexity index is 813. The number of furan rings is 1. The third-order valence-electron chi connectivity index (χ3n) is 3.53. The van der Waals surface area contributed by atoms with Gasteiger partial charge in [0.05, 0.1) is 11.8 Å². The van der Waals surface area contributed by atoms with Crippen molar-refractivity contribution in [3.63, 3.8) is 0 Å². The number of carboxylic acid groups (broad SMARTS) is 1. The first-order valence-corrected chi connectivity index (χ1v) is 7.46. The highest BCUT2D eigenvalue weighted by Crippen LogP contribution is 2.28. The van der Waals surface area contributed by atoms with Crippen LogP contribution < -0.4 is 4.74 Å². The lowest BCUT2D eigenvalue weighted by Gasteiger charge is -2.20. The van der Waals surface area contributed by atoms with Crippen molar-refractivity contribution < 1.29 is 37.0 Å². The van der Waals surface area contributed by atoms with Crippen LogP contribution >= 0.6 is 0 Å². The van der Waals surface area contributed by atoms with Gasteiger partial charge in [-0.2, -0.15) is 0 Å². The molecule has 0 saturated heterocycles. The molecule has 6 nitrogen and oxygen atoms in total. The number of carbonyl (C=O) groups is 2. The Labute approximate surface area is 146 Å². The van der Waals surface area contributed by atoms with Crippen LogP contribution in [0.3, 0.4) is 0 Å². The number of benzene rings is 1. The summed E-state index contributed by atoms with van der Waals surface area (Å²) in [7, 11) is 1.39. The van der Waals surface area contributed by atoms with Crippen molar-refractivity contribution in [2.45, 2.75) is 26.3 Å². The van der Waals surface area contributed by atoms with Gasteiger partial charge in [-0.05, 0) is 13.0 Å². The number of alkyl halides is 3. The van der Waals surface area contributed by atoms with Gasteiger partial charge in [-0.3, -0.25) is 9.59 Å². The number of nitrogens with zero attached hydrogens (tertiary/aromatic N) is 1. The maximum absolute atomic E-state index is 12.6. The molecule has 1 amide bonds. The van der Waals surface area contributed by atoms with Crippen LogP contribution in [0, 0.1) is 6.92 Å². The summed E-state index contributed by atoms with van der Waals surface area (Å²) in [6, 6.07) is 5.47. The van der Waals surface area contributed by atoms with Crippen LogP contribution in [0.25, 0.3) is 0 Å². The zero-order chi connectivity index (χ0) is 19.5. The fraction of sp³-hybridized carbons (Fsp3) is 0.294. The average Bonchev–Trinajstić information content (AvgIpc) is 2.87. The van der Waals surface area contributed by atoms with Crippen LogP contribution in [0.5, 0.6) is 5.75 Å². The molecule has 0 bridgehead atoms. The molecule has 0 spiro atoms. The first-order valence-electron chi connectivity index (χ1n) is 7.46. The van der Waals surface area contributed by atoms with Crippen LogP contribution in [0.1, 0.15) is 27.2 Å². The minimum Gasteiger partial charge on any atom is -0.481 e. The number of carboxylic acids is 1. The van der Waals surface area contributed by atoms with Crippen molar-refractivity contribution in [2.75, 3.05) is 7.05 Å². The van der Waals surface area contributed by atoms with E-state index in [2.05, 4.69) is 4.74 Å². The molecule has 2 aromatic rings. The number of aryl methyl sites for hydroxylation is 1. The van der Waals surface area contributed by atoms with Gasteiger partial charge in [0.1, 0.15) is 17.9 Å². The van der Waals surface area contributed by atoms with Gasteiger partial charge in [0.2, 0.25) is 0 Å². The normalized spacial score (nSPS) is 11.3. The lowest BCUT2D eigenvalue weighted by atomic mass is 10.1. The van der Waals surface area contributed by atoms with Gasteiger partial charge in [-0.15, -0.1) is 13.2 Å². The van der Waals surface area contributed by atoms with E-state index in [0.29, 0.717) is 5.56 Å². The lowest BCUT2D eigenvalue weighted by molar-refractivity contribution is -0.275. The highest BCUT2D eigenvalue weighted by molar-refractivity contribution is 5.97. The molecule has 0 saturated carbocycles. The molecule has 0 radical (unpaired) electrons. The molecule has 26 heavy (non-hydrogen) atoms. The maximum Gasteiger partial charge on any atom is 0.573 e. The number of ether oxygens (including phenoxy) is 1. The van der Waals surface area contributed by atoms with Crippen LogP contribution in [0.4, 0.5) is 13.2 Å². The van der Waals surface area contributed by atoms with Crippen molar-refractivity contribution in [1.82, 2.24) is 4.90 Å². The molecule has 0 aliphatic carbocycles. The summed E-state index contributed by atoms with van der Waals surface area (Å²) in [5, 5.41) is 8.89. The molecule has 140 valence electrons. The largest absolute Gasteiger partial charge is 0.573 e. The molecule has 2 rings (SSSR count). The summed E-state index contributed by atoms with van der Waals surface area (Å²) in [5.74, 6) is -2.14. The van der Waals surface area contributed by atoms with Crippen molar-refractivity contribution in [3.05, 3.63) is 53.0 Å². The molecule has 0 unspecified atom stereocenters. The van der Waals surface area contributed by atoms with E-state index in [1.54, 1.807) is 6.92 Å². The molecule has 1 N–H and O–H groups in total. The number of hydrogen-bond donors (Lipinski definition) is 1. The van der Waals surface area contributed by atoms with Crippen molar-refractivity contribution in [1.29, 1.82) is 0 Å². The Morgan fingerprint density at radius 3 is 2.54 bits per heavy atom. The van der Waals surface area contributed by atoms with E-state index in [1.807, 2.05) is 0 Å². The molecule has 1 heterocycles. The van der Waals surface area contributed by atoms with Gasteiger partial charge in [-0.1, -0.05) is 18.2 Å². The summed E-state index contributed by atoms with van der Waals surface area (Å²) in [4.78, 5) is 24.7. The van der Waals surface area contributed by atoms with E-state index >= 15 is 0 Å². The van der Waals surface area contributed by atoms with E-state index in [4.69, 9.17) is 9.52 Å². The van der Waals surface area contributed by atoms with Gasteiger partial charge < -0.3 is 19.2 Å². The standard InChI is InChI=1S/C17H16F3NO5/c1-10-9-25-13(7-14(22)23)15(10)16(24)21(2)8-11-5-3-4-6-12(11)26-17(18,19)20/h3-6,9H,7-8H2,1-2H3,(H,22,23). The van der Waals surface area contributed by atoms with Crippen LogP contribution in [-0.2, 0) is 17.8 Å². The minimum absolute atomic E-state index is 0.00771. The third-order valence-corrected chi connectivity index (χ3v) is 3.53. The van der Waals surface area contributed by atoms with Gasteiger partial charge in [0, 0.05) is 24.7 Å². The molecule has 0 aliphatic rings. The highest BCUT2D eigenvalue weighted by atomic mass is 19.4. The first kappa shape index (κ1) is 19.4. The summed E-state index contributed by atoms with van der Waals surface area (Å²) < 4.78 is 46.6. The zero-order valence-corrected chi connectivity index (χ0v) is 14.0. The fourth-order valence-electron chi connectivity index (χ4n) is 2.43. The molecule has 1 aromatic carbocycles. The molecular weight excluding hydrogens is 355 g/mol. The van der Waals surface area contributed by atoms with Gasteiger partial charge in [0.15, 0.2) is 0 Å². The summed E-state index contributed by atoms with van der Waals surface area (Å²) >= 11 is 0. The SMILES string of the molecule is Cc1coc(CC(=O)O)c1C(=O)N(C)Cc1ccccc1OC(F)(F)F. The van der Waals surface area contributed by atoms with E-state index in [9.17, 15) is 22.8 Å². The Morgan fingerprint density at radius 2 is 1.92 bits per heavy atom. The number of para-hydroxylation sites is 1. The number of hydrogen-bond acceptors (Lipinski definition) is 4. The predicted molar refractivity (Wildman–Crippen MR) is 83.7 cm³/mol. The van der Waals surface area contributed by atoms with Gasteiger partial charge in [-0.25, -0.2) is 0 Å². The Hall–Kier alpha value is -2.97. The Balaban J connectivity index is 2.24. The average molecular weight is 371 g/mol. The van der Waals surface area contributed by atoms with Gasteiger partial charge in [0.25, 0.3) is 5.91 Å². The number of rotatable bonds is 6. The summed E-state index contributed by atoms with van der Waals surface area (Å²) in [5.41, 5.74) is 0.684. The molecule has 0 fully saturated rings. The third kappa shape index (κ3) is 4.78. The fourth-order valence-corrected chi connectivity index (χ4v) is 2.43. The monoisotopic (exact) mass is 371 g/mol. The van der Waals surface area contributed by atoms with E-state index in [1.165, 1.54) is 36.4 Å². The zero-order valence-electron chi connectivity index (χ0n) is 14.0. The minimum atomic E-state index is -4.85. The quantitative estimate of drug-likeness (QED) is 0.842. The van der Waals surface area contributed by atoms with Crippen LogP contribution in [-0.4, -0.2) is 35.3 Å². The molecule has 0 atom stereocenters.